The van der Waals surface area contributed by atoms with Crippen LogP contribution in [0, 0.1) is 0 Å². The molecule has 3 N–H and O–H groups in total. The third-order valence-corrected chi connectivity index (χ3v) is 7.47. The number of carbonyl (C=O) groups is 1. The van der Waals surface area contributed by atoms with Gasteiger partial charge in [0.15, 0.2) is 5.15 Å². The highest BCUT2D eigenvalue weighted by Crippen LogP contribution is 2.37. The maximum atomic E-state index is 13.7. The van der Waals surface area contributed by atoms with Crippen LogP contribution in [0.2, 0.25) is 5.15 Å². The Kier molecular flexibility index (Phi) is 7.06. The van der Waals surface area contributed by atoms with Gasteiger partial charge in [-0.3, -0.25) is 9.48 Å². The van der Waals surface area contributed by atoms with E-state index in [0.717, 1.165) is 55.7 Å². The molecule has 0 unspecified atom stereocenters. The number of aryl methyl sites for hydroxylation is 2. The van der Waals surface area contributed by atoms with Gasteiger partial charge in [0.2, 0.25) is 0 Å². The number of alkyl halides is 3. The van der Waals surface area contributed by atoms with E-state index in [9.17, 15) is 23.1 Å². The molecule has 2 aliphatic carbocycles. The van der Waals surface area contributed by atoms with E-state index in [-0.39, 0.29) is 35.3 Å². The van der Waals surface area contributed by atoms with Crippen molar-refractivity contribution in [3.8, 4) is 0 Å². The predicted molar refractivity (Wildman–Crippen MR) is 139 cm³/mol. The van der Waals surface area contributed by atoms with Crippen LogP contribution in [0.15, 0.2) is 24.4 Å². The topological polar surface area (TPSA) is 92.1 Å². The standard InChI is InChI=1S/C27H31ClF3N5O2/c1-26(2,38)14-36-13-20(24(28)35-36)25(37)33-18-8-4-7-17(11-18)32-22-12-23(27(29,30)31)34-21-10-16-6-3-5-15(16)9-19(21)22/h9-10,12-13,17-18,38H,3-8,11,14H2,1-2H3,(H,32,34)(H,33,37)/t17-,18+/m0/s1. The zero-order chi connectivity index (χ0) is 27.2. The smallest absolute Gasteiger partial charge is 0.389 e. The Labute approximate surface area is 223 Å². The number of hydrogen-bond acceptors (Lipinski definition) is 5. The van der Waals surface area contributed by atoms with Gasteiger partial charge in [-0.2, -0.15) is 18.3 Å². The Hall–Kier alpha value is -2.85. The van der Waals surface area contributed by atoms with Crippen LogP contribution in [0.5, 0.6) is 0 Å². The molecule has 1 saturated carbocycles. The van der Waals surface area contributed by atoms with Crippen molar-refractivity contribution < 1.29 is 23.1 Å². The molecular weight excluding hydrogens is 519 g/mol. The highest BCUT2D eigenvalue weighted by molar-refractivity contribution is 6.32. The second-order valence-corrected chi connectivity index (χ2v) is 11.4. The van der Waals surface area contributed by atoms with Crippen molar-refractivity contribution >= 4 is 34.1 Å². The highest BCUT2D eigenvalue weighted by atomic mass is 35.5. The van der Waals surface area contributed by atoms with E-state index in [1.54, 1.807) is 19.9 Å². The van der Waals surface area contributed by atoms with Crippen molar-refractivity contribution in [1.29, 1.82) is 0 Å². The minimum Gasteiger partial charge on any atom is -0.389 e. The number of benzene rings is 1. The van der Waals surface area contributed by atoms with E-state index in [1.165, 1.54) is 10.9 Å². The lowest BCUT2D eigenvalue weighted by molar-refractivity contribution is -0.140. The fraction of sp³-hybridized carbons (Fsp3) is 0.519. The van der Waals surface area contributed by atoms with Gasteiger partial charge in [0.05, 0.1) is 23.2 Å². The second-order valence-electron chi connectivity index (χ2n) is 11.1. The SMILES string of the molecule is CC(C)(O)Cn1cc(C(=O)N[C@@H]2CCC[C@H](Nc3cc(C(F)(F)F)nc4cc5c(cc34)CCC5)C2)c(Cl)n1. The van der Waals surface area contributed by atoms with Crippen LogP contribution in [-0.2, 0) is 25.6 Å². The molecule has 0 radical (unpaired) electrons. The Bertz CT molecular complexity index is 1370. The molecule has 1 fully saturated rings. The number of fused-ring (bicyclic) bond motifs is 2. The second kappa shape index (κ2) is 10.0. The van der Waals surface area contributed by atoms with Crippen molar-refractivity contribution in [3.63, 3.8) is 0 Å². The molecule has 2 aromatic heterocycles. The molecule has 38 heavy (non-hydrogen) atoms. The van der Waals surface area contributed by atoms with E-state index in [4.69, 9.17) is 11.6 Å². The molecule has 0 spiro atoms. The Morgan fingerprint density at radius 3 is 2.55 bits per heavy atom. The first-order chi connectivity index (χ1) is 17.9. The summed E-state index contributed by atoms with van der Waals surface area (Å²) < 4.78 is 42.4. The number of halogens is 4. The summed E-state index contributed by atoms with van der Waals surface area (Å²) >= 11 is 6.19. The number of carbonyl (C=O) groups excluding carboxylic acids is 1. The molecule has 1 amide bonds. The summed E-state index contributed by atoms with van der Waals surface area (Å²) in [6, 6.07) is 4.57. The molecule has 3 aromatic rings. The normalized spacial score (nSPS) is 20.0. The monoisotopic (exact) mass is 549 g/mol. The summed E-state index contributed by atoms with van der Waals surface area (Å²) in [7, 11) is 0. The lowest BCUT2D eigenvalue weighted by atomic mass is 9.90. The van der Waals surface area contributed by atoms with Gasteiger partial charge in [0, 0.05) is 29.4 Å². The number of rotatable bonds is 6. The summed E-state index contributed by atoms with van der Waals surface area (Å²) in [4.78, 5) is 16.9. The molecule has 0 bridgehead atoms. The molecule has 7 nitrogen and oxygen atoms in total. The number of anilines is 1. The van der Waals surface area contributed by atoms with Crippen LogP contribution < -0.4 is 10.6 Å². The van der Waals surface area contributed by atoms with E-state index in [1.807, 2.05) is 6.07 Å². The molecule has 1 aromatic carbocycles. The van der Waals surface area contributed by atoms with Crippen LogP contribution >= 0.6 is 11.6 Å². The lowest BCUT2D eigenvalue weighted by Gasteiger charge is -2.31. The molecule has 5 rings (SSSR count). The van der Waals surface area contributed by atoms with E-state index in [2.05, 4.69) is 20.7 Å². The van der Waals surface area contributed by atoms with Crippen molar-refractivity contribution in [2.24, 2.45) is 0 Å². The highest BCUT2D eigenvalue weighted by Gasteiger charge is 2.34. The summed E-state index contributed by atoms with van der Waals surface area (Å²) in [5.41, 5.74) is 1.29. The quantitative estimate of drug-likeness (QED) is 0.377. The maximum Gasteiger partial charge on any atom is 0.433 e. The molecule has 204 valence electrons. The maximum absolute atomic E-state index is 13.7. The first-order valence-corrected chi connectivity index (χ1v) is 13.3. The molecule has 2 atom stereocenters. The fourth-order valence-corrected chi connectivity index (χ4v) is 5.75. The molecule has 11 heteroatoms. The largest absolute Gasteiger partial charge is 0.433 e. The van der Waals surface area contributed by atoms with Crippen molar-refractivity contribution in [2.75, 3.05) is 5.32 Å². The van der Waals surface area contributed by atoms with Gasteiger partial charge in [-0.25, -0.2) is 4.98 Å². The van der Waals surface area contributed by atoms with Crippen molar-refractivity contribution in [3.05, 3.63) is 51.9 Å². The van der Waals surface area contributed by atoms with Gasteiger partial charge in [-0.1, -0.05) is 11.6 Å². The van der Waals surface area contributed by atoms with Gasteiger partial charge >= 0.3 is 6.18 Å². The van der Waals surface area contributed by atoms with Crippen LogP contribution in [0.25, 0.3) is 10.9 Å². The Balaban J connectivity index is 1.33. The number of amides is 1. The number of aromatic nitrogens is 3. The summed E-state index contributed by atoms with van der Waals surface area (Å²) in [5.74, 6) is -0.369. The van der Waals surface area contributed by atoms with Gasteiger partial charge in [-0.15, -0.1) is 0 Å². The van der Waals surface area contributed by atoms with Gasteiger partial charge < -0.3 is 15.7 Å². The van der Waals surface area contributed by atoms with E-state index < -0.39 is 17.5 Å². The molecule has 0 aliphatic heterocycles. The fourth-order valence-electron chi connectivity index (χ4n) is 5.52. The van der Waals surface area contributed by atoms with Crippen molar-refractivity contribution in [1.82, 2.24) is 20.1 Å². The Morgan fingerprint density at radius 1 is 1.13 bits per heavy atom. The number of nitrogens with one attached hydrogen (secondary N) is 2. The summed E-state index contributed by atoms with van der Waals surface area (Å²) in [6.45, 7) is 3.45. The minimum atomic E-state index is -4.55. The molecule has 0 saturated heterocycles. The molecule has 2 aliphatic rings. The lowest BCUT2D eigenvalue weighted by Crippen LogP contribution is -2.41. The summed E-state index contributed by atoms with van der Waals surface area (Å²) in [5, 5.41) is 21.2. The molecular formula is C27H31ClF3N5O2. The van der Waals surface area contributed by atoms with E-state index in [0.29, 0.717) is 23.0 Å². The first kappa shape index (κ1) is 26.7. The van der Waals surface area contributed by atoms with Gasteiger partial charge in [0.25, 0.3) is 5.91 Å². The number of aliphatic hydroxyl groups is 1. The van der Waals surface area contributed by atoms with Crippen LogP contribution in [0.1, 0.15) is 73.1 Å². The van der Waals surface area contributed by atoms with Crippen LogP contribution in [0.4, 0.5) is 18.9 Å². The van der Waals surface area contributed by atoms with Crippen LogP contribution in [0.3, 0.4) is 0 Å². The average molecular weight is 550 g/mol. The minimum absolute atomic E-state index is 0.0488. The first-order valence-electron chi connectivity index (χ1n) is 12.9. The number of nitrogens with zero attached hydrogens (tertiary/aromatic N) is 3. The van der Waals surface area contributed by atoms with Crippen LogP contribution in [-0.4, -0.2) is 43.5 Å². The Morgan fingerprint density at radius 2 is 1.84 bits per heavy atom. The average Bonchev–Trinajstić information content (AvgIpc) is 3.41. The number of hydrogen-bond donors (Lipinski definition) is 3. The predicted octanol–water partition coefficient (Wildman–Crippen LogP) is 5.52. The summed E-state index contributed by atoms with van der Waals surface area (Å²) in [6.07, 6.45) is 2.59. The zero-order valence-corrected chi connectivity index (χ0v) is 22.1. The van der Waals surface area contributed by atoms with Gasteiger partial charge in [-0.05, 0) is 88.1 Å². The number of pyridine rings is 1. The third kappa shape index (κ3) is 5.91. The molecule has 2 heterocycles. The third-order valence-electron chi connectivity index (χ3n) is 7.19. The van der Waals surface area contributed by atoms with Gasteiger partial charge in [0.1, 0.15) is 5.69 Å². The van der Waals surface area contributed by atoms with Crippen molar-refractivity contribution in [2.45, 2.75) is 89.2 Å². The zero-order valence-electron chi connectivity index (χ0n) is 21.3. The van der Waals surface area contributed by atoms with E-state index >= 15 is 0 Å².